The van der Waals surface area contributed by atoms with Gasteiger partial charge in [-0.15, -0.1) is 0 Å². The minimum Gasteiger partial charge on any atom is -0.328 e. The fourth-order valence-corrected chi connectivity index (χ4v) is 3.14. The zero-order valence-corrected chi connectivity index (χ0v) is 13.7. The number of aryl methyl sites for hydroxylation is 1. The third kappa shape index (κ3) is 2.49. The standard InChI is InChI=1S/C19H13ClN4/c1-12-10-24(19-17(12)5-14(7-21)8-23-19)11-13-2-3-18-15(4-13)6-16(20)9-22-18/h2-6,8-10H,11H2,1H3. The number of hydrogen-bond donors (Lipinski definition) is 0. The molecule has 116 valence electrons. The SMILES string of the molecule is Cc1cn(Cc2ccc3ncc(Cl)cc3c2)c2ncc(C#N)cc12. The van der Waals surface area contributed by atoms with Crippen molar-refractivity contribution in [3.63, 3.8) is 0 Å². The Bertz CT molecular complexity index is 1120. The average Bonchev–Trinajstić information content (AvgIpc) is 2.90. The number of pyridine rings is 2. The van der Waals surface area contributed by atoms with Crippen molar-refractivity contribution in [2.24, 2.45) is 0 Å². The summed E-state index contributed by atoms with van der Waals surface area (Å²) in [5.41, 5.74) is 4.65. The van der Waals surface area contributed by atoms with Crippen LogP contribution in [-0.4, -0.2) is 14.5 Å². The number of hydrogen-bond acceptors (Lipinski definition) is 3. The molecule has 0 aliphatic rings. The van der Waals surface area contributed by atoms with Gasteiger partial charge in [-0.3, -0.25) is 4.98 Å². The first-order valence-electron chi connectivity index (χ1n) is 7.54. The van der Waals surface area contributed by atoms with Gasteiger partial charge in [0, 0.05) is 35.9 Å². The zero-order valence-electron chi connectivity index (χ0n) is 13.0. The minimum atomic E-state index is 0.578. The number of benzene rings is 1. The lowest BCUT2D eigenvalue weighted by Crippen LogP contribution is -1.99. The predicted molar refractivity (Wildman–Crippen MR) is 95.0 cm³/mol. The molecule has 0 aliphatic carbocycles. The van der Waals surface area contributed by atoms with Crippen LogP contribution in [0.25, 0.3) is 21.9 Å². The minimum absolute atomic E-state index is 0.578. The molecule has 4 aromatic rings. The Morgan fingerprint density at radius 3 is 2.88 bits per heavy atom. The summed E-state index contributed by atoms with van der Waals surface area (Å²) in [4.78, 5) is 8.77. The molecule has 0 atom stereocenters. The van der Waals surface area contributed by atoms with Crippen molar-refractivity contribution in [1.29, 1.82) is 5.26 Å². The summed E-state index contributed by atoms with van der Waals surface area (Å²) in [5, 5.41) is 11.7. The van der Waals surface area contributed by atoms with Crippen LogP contribution in [0, 0.1) is 18.3 Å². The van der Waals surface area contributed by atoms with E-state index in [1.54, 1.807) is 12.4 Å². The first kappa shape index (κ1) is 14.7. The molecule has 3 aromatic heterocycles. The Labute approximate surface area is 144 Å². The van der Waals surface area contributed by atoms with Crippen LogP contribution in [0.1, 0.15) is 16.7 Å². The average molecular weight is 333 g/mol. The third-order valence-electron chi connectivity index (χ3n) is 4.11. The maximum absolute atomic E-state index is 9.04. The van der Waals surface area contributed by atoms with E-state index >= 15 is 0 Å². The lowest BCUT2D eigenvalue weighted by atomic mass is 10.1. The van der Waals surface area contributed by atoms with E-state index in [4.69, 9.17) is 16.9 Å². The van der Waals surface area contributed by atoms with Gasteiger partial charge >= 0.3 is 0 Å². The Morgan fingerprint density at radius 2 is 2.04 bits per heavy atom. The van der Waals surface area contributed by atoms with E-state index in [-0.39, 0.29) is 0 Å². The third-order valence-corrected chi connectivity index (χ3v) is 4.31. The maximum Gasteiger partial charge on any atom is 0.140 e. The molecule has 4 rings (SSSR count). The summed E-state index contributed by atoms with van der Waals surface area (Å²) in [7, 11) is 0. The molecule has 0 radical (unpaired) electrons. The van der Waals surface area contributed by atoms with Gasteiger partial charge in [-0.2, -0.15) is 5.26 Å². The highest BCUT2D eigenvalue weighted by atomic mass is 35.5. The van der Waals surface area contributed by atoms with E-state index < -0.39 is 0 Å². The summed E-state index contributed by atoms with van der Waals surface area (Å²) in [5.74, 6) is 0. The Hall–Kier alpha value is -2.90. The second-order valence-corrected chi connectivity index (χ2v) is 6.26. The number of halogens is 1. The van der Waals surface area contributed by atoms with Crippen LogP contribution < -0.4 is 0 Å². The van der Waals surface area contributed by atoms with Crippen molar-refractivity contribution in [2.45, 2.75) is 13.5 Å². The number of nitrogens with zero attached hydrogens (tertiary/aromatic N) is 4. The molecule has 0 N–H and O–H groups in total. The monoisotopic (exact) mass is 332 g/mol. The van der Waals surface area contributed by atoms with Gasteiger partial charge < -0.3 is 4.57 Å². The lowest BCUT2D eigenvalue weighted by Gasteiger charge is -2.07. The Kier molecular flexibility index (Phi) is 3.44. The zero-order chi connectivity index (χ0) is 16.7. The molecule has 5 heteroatoms. The highest BCUT2D eigenvalue weighted by molar-refractivity contribution is 6.31. The van der Waals surface area contributed by atoms with Crippen LogP contribution in [0.15, 0.2) is 48.9 Å². The van der Waals surface area contributed by atoms with E-state index in [0.717, 1.165) is 33.1 Å². The smallest absolute Gasteiger partial charge is 0.140 e. The summed E-state index contributed by atoms with van der Waals surface area (Å²) >= 11 is 6.04. The highest BCUT2D eigenvalue weighted by Gasteiger charge is 2.09. The van der Waals surface area contributed by atoms with Gasteiger partial charge in [0.15, 0.2) is 0 Å². The molecule has 0 bridgehead atoms. The quantitative estimate of drug-likeness (QED) is 0.544. The van der Waals surface area contributed by atoms with Crippen LogP contribution in [0.2, 0.25) is 5.02 Å². The molecular formula is C19H13ClN4. The summed E-state index contributed by atoms with van der Waals surface area (Å²) in [6.07, 6.45) is 5.34. The van der Waals surface area contributed by atoms with Crippen molar-refractivity contribution in [3.05, 3.63) is 70.6 Å². The summed E-state index contributed by atoms with van der Waals surface area (Å²) in [6, 6.07) is 12.1. The largest absolute Gasteiger partial charge is 0.328 e. The van der Waals surface area contributed by atoms with Crippen LogP contribution in [0.5, 0.6) is 0 Å². The van der Waals surface area contributed by atoms with Crippen LogP contribution >= 0.6 is 11.6 Å². The summed E-state index contributed by atoms with van der Waals surface area (Å²) in [6.45, 7) is 2.73. The van der Waals surface area contributed by atoms with Crippen molar-refractivity contribution < 1.29 is 0 Å². The summed E-state index contributed by atoms with van der Waals surface area (Å²) < 4.78 is 2.10. The van der Waals surface area contributed by atoms with Gasteiger partial charge in [0.2, 0.25) is 0 Å². The molecule has 0 unspecified atom stereocenters. The van der Waals surface area contributed by atoms with Crippen molar-refractivity contribution in [1.82, 2.24) is 14.5 Å². The Morgan fingerprint density at radius 1 is 1.17 bits per heavy atom. The maximum atomic E-state index is 9.04. The number of nitriles is 1. The highest BCUT2D eigenvalue weighted by Crippen LogP contribution is 2.23. The van der Waals surface area contributed by atoms with E-state index in [1.165, 1.54) is 0 Å². The van der Waals surface area contributed by atoms with Crippen molar-refractivity contribution in [2.75, 3.05) is 0 Å². The first-order chi connectivity index (χ1) is 11.6. The molecule has 1 aromatic carbocycles. The lowest BCUT2D eigenvalue weighted by molar-refractivity contribution is 0.824. The predicted octanol–water partition coefficient (Wildman–Crippen LogP) is 4.47. The molecule has 0 saturated heterocycles. The second-order valence-electron chi connectivity index (χ2n) is 5.83. The topological polar surface area (TPSA) is 54.5 Å². The van der Waals surface area contributed by atoms with Gasteiger partial charge in [-0.05, 0) is 42.3 Å². The molecular weight excluding hydrogens is 320 g/mol. The Balaban J connectivity index is 1.78. The second kappa shape index (κ2) is 5.63. The van der Waals surface area contributed by atoms with Gasteiger partial charge in [-0.1, -0.05) is 17.7 Å². The van der Waals surface area contributed by atoms with Gasteiger partial charge in [-0.25, -0.2) is 4.98 Å². The molecule has 3 heterocycles. The molecule has 0 fully saturated rings. The molecule has 0 spiro atoms. The van der Waals surface area contributed by atoms with Gasteiger partial charge in [0.25, 0.3) is 0 Å². The number of fused-ring (bicyclic) bond motifs is 2. The number of rotatable bonds is 2. The molecule has 24 heavy (non-hydrogen) atoms. The van der Waals surface area contributed by atoms with Crippen LogP contribution in [0.3, 0.4) is 0 Å². The number of aromatic nitrogens is 3. The fourth-order valence-electron chi connectivity index (χ4n) is 2.97. The molecule has 0 amide bonds. The fraction of sp³-hybridized carbons (Fsp3) is 0.105. The normalized spacial score (nSPS) is 11.0. The van der Waals surface area contributed by atoms with Crippen LogP contribution in [-0.2, 0) is 6.54 Å². The first-order valence-corrected chi connectivity index (χ1v) is 7.91. The van der Waals surface area contributed by atoms with E-state index in [0.29, 0.717) is 17.1 Å². The van der Waals surface area contributed by atoms with Crippen molar-refractivity contribution >= 4 is 33.5 Å². The van der Waals surface area contributed by atoms with Gasteiger partial charge in [0.1, 0.15) is 11.7 Å². The molecule has 0 saturated carbocycles. The van der Waals surface area contributed by atoms with E-state index in [1.807, 2.05) is 25.1 Å². The molecule has 0 aliphatic heterocycles. The van der Waals surface area contributed by atoms with E-state index in [2.05, 4.69) is 38.9 Å². The van der Waals surface area contributed by atoms with E-state index in [9.17, 15) is 0 Å². The van der Waals surface area contributed by atoms with Crippen molar-refractivity contribution in [3.8, 4) is 6.07 Å². The van der Waals surface area contributed by atoms with Crippen LogP contribution in [0.4, 0.5) is 0 Å². The molecule has 4 nitrogen and oxygen atoms in total. The van der Waals surface area contributed by atoms with Gasteiger partial charge in [0.05, 0.1) is 16.1 Å².